The van der Waals surface area contributed by atoms with Crippen LogP contribution in [0.15, 0.2) is 194 Å². The molecule has 0 saturated heterocycles. The Morgan fingerprint density at radius 1 is 0.339 bits per heavy atom. The minimum Gasteiger partial charge on any atom is -0.480 e. The zero-order chi connectivity index (χ0) is 39.2. The van der Waals surface area contributed by atoms with E-state index in [-0.39, 0.29) is 0 Å². The number of rotatable bonds is 2. The molecular formula is C54H38N2O2Si. The van der Waals surface area contributed by atoms with Crippen LogP contribution in [0.4, 0.5) is 22.7 Å². The molecule has 2 aliphatic heterocycles. The minimum absolute atomic E-state index is 0.785. The molecule has 12 rings (SSSR count). The zero-order valence-electron chi connectivity index (χ0n) is 32.7. The number of nitrogens with zero attached hydrogens (tertiary/aromatic N) is 2. The van der Waals surface area contributed by atoms with Crippen LogP contribution in [0.3, 0.4) is 0 Å². The molecule has 0 N–H and O–H groups in total. The maximum absolute atomic E-state index is 8.13. The van der Waals surface area contributed by atoms with Gasteiger partial charge >= 0.3 is 8.88 Å². The summed E-state index contributed by atoms with van der Waals surface area (Å²) >= 11 is 0. The molecule has 2 aliphatic rings. The van der Waals surface area contributed by atoms with Crippen molar-refractivity contribution in [1.82, 2.24) is 0 Å². The van der Waals surface area contributed by atoms with Crippen LogP contribution in [0.1, 0.15) is 11.1 Å². The van der Waals surface area contributed by atoms with Crippen LogP contribution in [-0.2, 0) is 0 Å². The van der Waals surface area contributed by atoms with Crippen LogP contribution in [0, 0.1) is 13.8 Å². The number of aryl methyl sites for hydroxylation is 2. The fraction of sp³-hybridized carbons (Fsp3) is 0.0370. The first-order valence-corrected chi connectivity index (χ1v) is 22.0. The van der Waals surface area contributed by atoms with Gasteiger partial charge in [0, 0.05) is 45.0 Å². The third kappa shape index (κ3) is 5.01. The number of hydrogen-bond donors (Lipinski definition) is 0. The van der Waals surface area contributed by atoms with Crippen molar-refractivity contribution in [2.45, 2.75) is 13.8 Å². The lowest BCUT2D eigenvalue weighted by Crippen LogP contribution is -2.72. The topological polar surface area (TPSA) is 24.9 Å². The van der Waals surface area contributed by atoms with E-state index >= 15 is 0 Å². The van der Waals surface area contributed by atoms with Crippen molar-refractivity contribution in [1.29, 1.82) is 0 Å². The summed E-state index contributed by atoms with van der Waals surface area (Å²) in [6, 6.07) is 70.2. The van der Waals surface area contributed by atoms with E-state index in [0.29, 0.717) is 0 Å². The van der Waals surface area contributed by atoms with E-state index in [1.165, 1.54) is 0 Å². The van der Waals surface area contributed by atoms with Crippen molar-refractivity contribution >= 4 is 74.7 Å². The van der Waals surface area contributed by atoms with Crippen LogP contribution in [-0.4, -0.2) is 8.88 Å². The van der Waals surface area contributed by atoms with Crippen LogP contribution in [0.2, 0.25) is 0 Å². The maximum Gasteiger partial charge on any atom is 0.733 e. The van der Waals surface area contributed by atoms with Gasteiger partial charge < -0.3 is 8.85 Å². The molecule has 0 aromatic heterocycles. The summed E-state index contributed by atoms with van der Waals surface area (Å²) in [6.45, 7) is 4.32. The Morgan fingerprint density at radius 3 is 1.08 bits per heavy atom. The molecule has 1 spiro atoms. The SMILES string of the molecule is Cc1cccc(N2c3ccc4ccccc4c3-c3c(ccc4ccccc34)O[Si]23Oc2ccc4ccccc4c2-c2c(ccc4ccccc24)N3c2cccc(C)c2)c1. The van der Waals surface area contributed by atoms with Crippen molar-refractivity contribution in [3.63, 3.8) is 0 Å². The van der Waals surface area contributed by atoms with Gasteiger partial charge in [-0.05, 0) is 117 Å². The Kier molecular flexibility index (Phi) is 7.34. The van der Waals surface area contributed by atoms with E-state index in [2.05, 4.69) is 217 Å². The lowest BCUT2D eigenvalue weighted by Gasteiger charge is -2.45. The summed E-state index contributed by atoms with van der Waals surface area (Å²) in [6.07, 6.45) is 0. The van der Waals surface area contributed by atoms with Crippen molar-refractivity contribution in [3.8, 4) is 33.8 Å². The fourth-order valence-electron chi connectivity index (χ4n) is 9.64. The number of hydrogen-bond acceptors (Lipinski definition) is 4. The van der Waals surface area contributed by atoms with Gasteiger partial charge in [0.15, 0.2) is 0 Å². The van der Waals surface area contributed by atoms with E-state index < -0.39 is 8.88 Å². The van der Waals surface area contributed by atoms with Gasteiger partial charge in [-0.25, -0.2) is 0 Å². The quantitative estimate of drug-likeness (QED) is 0.163. The molecule has 0 atom stereocenters. The zero-order valence-corrected chi connectivity index (χ0v) is 33.7. The Morgan fingerprint density at radius 2 is 0.695 bits per heavy atom. The largest absolute Gasteiger partial charge is 0.733 e. The molecule has 5 heteroatoms. The Bertz CT molecular complexity index is 3130. The first kappa shape index (κ1) is 33.8. The smallest absolute Gasteiger partial charge is 0.480 e. The number of benzene rings is 10. The summed E-state index contributed by atoms with van der Waals surface area (Å²) in [4.78, 5) is 0. The van der Waals surface area contributed by atoms with E-state index in [4.69, 9.17) is 8.85 Å². The summed E-state index contributed by atoms with van der Waals surface area (Å²) < 4.78 is 21.1. The molecule has 2 heterocycles. The first-order valence-electron chi connectivity index (χ1n) is 20.3. The van der Waals surface area contributed by atoms with Gasteiger partial charge in [-0.2, -0.15) is 0 Å². The molecule has 0 unspecified atom stereocenters. The minimum atomic E-state index is -4.14. The highest BCUT2D eigenvalue weighted by atomic mass is 28.4. The average Bonchev–Trinajstić information content (AvgIpc) is 3.48. The lowest BCUT2D eigenvalue weighted by atomic mass is 9.91. The van der Waals surface area contributed by atoms with Gasteiger partial charge in [-0.1, -0.05) is 146 Å². The average molecular weight is 775 g/mol. The summed E-state index contributed by atoms with van der Waals surface area (Å²) in [5.74, 6) is 1.57. The molecule has 0 aliphatic carbocycles. The molecule has 4 nitrogen and oxygen atoms in total. The summed E-state index contributed by atoms with van der Waals surface area (Å²) in [5, 5.41) is 9.21. The van der Waals surface area contributed by atoms with Crippen LogP contribution in [0.25, 0.3) is 65.3 Å². The molecule has 0 amide bonds. The van der Waals surface area contributed by atoms with E-state index in [1.807, 2.05) is 0 Å². The Hall–Kier alpha value is -7.34. The highest BCUT2D eigenvalue weighted by Crippen LogP contribution is 2.57. The Balaban J connectivity index is 1.32. The number of fused-ring (bicyclic) bond motifs is 14. The van der Waals surface area contributed by atoms with Gasteiger partial charge in [0.05, 0.1) is 0 Å². The fourth-order valence-corrected chi connectivity index (χ4v) is 13.1. The van der Waals surface area contributed by atoms with Crippen molar-refractivity contribution < 1.29 is 8.85 Å². The van der Waals surface area contributed by atoms with Gasteiger partial charge in [0.1, 0.15) is 11.5 Å². The second-order valence-corrected chi connectivity index (χ2v) is 18.2. The summed E-state index contributed by atoms with van der Waals surface area (Å²) in [7, 11) is -4.14. The molecule has 0 radical (unpaired) electrons. The first-order chi connectivity index (χ1) is 29.1. The van der Waals surface area contributed by atoms with Crippen LogP contribution < -0.4 is 18.0 Å². The molecular weight excluding hydrogens is 737 g/mol. The highest BCUT2D eigenvalue weighted by molar-refractivity contribution is 6.80. The normalized spacial score (nSPS) is 13.9. The van der Waals surface area contributed by atoms with E-state index in [9.17, 15) is 0 Å². The monoisotopic (exact) mass is 774 g/mol. The van der Waals surface area contributed by atoms with Gasteiger partial charge in [-0.15, -0.1) is 0 Å². The van der Waals surface area contributed by atoms with Crippen molar-refractivity contribution in [2.75, 3.05) is 9.13 Å². The second kappa shape index (κ2) is 12.8. The predicted molar refractivity (Wildman–Crippen MR) is 247 cm³/mol. The van der Waals surface area contributed by atoms with E-state index in [1.54, 1.807) is 0 Å². The van der Waals surface area contributed by atoms with Gasteiger partial charge in [-0.3, -0.25) is 9.13 Å². The number of anilines is 4. The van der Waals surface area contributed by atoms with Crippen LogP contribution >= 0.6 is 0 Å². The lowest BCUT2D eigenvalue weighted by molar-refractivity contribution is 0.385. The van der Waals surface area contributed by atoms with E-state index in [0.717, 1.165) is 111 Å². The van der Waals surface area contributed by atoms with Crippen molar-refractivity contribution in [2.24, 2.45) is 0 Å². The van der Waals surface area contributed by atoms with Crippen LogP contribution in [0.5, 0.6) is 11.5 Å². The van der Waals surface area contributed by atoms with Gasteiger partial charge in [0.2, 0.25) is 0 Å². The molecule has 10 aromatic rings. The van der Waals surface area contributed by atoms with Gasteiger partial charge in [0.25, 0.3) is 0 Å². The molecule has 59 heavy (non-hydrogen) atoms. The molecule has 280 valence electrons. The highest BCUT2D eigenvalue weighted by Gasteiger charge is 2.64. The van der Waals surface area contributed by atoms with Crippen molar-refractivity contribution in [3.05, 3.63) is 205 Å². The maximum atomic E-state index is 8.13. The third-order valence-electron chi connectivity index (χ3n) is 12.1. The molecule has 0 fully saturated rings. The predicted octanol–water partition coefficient (Wildman–Crippen LogP) is 14.4. The second-order valence-electron chi connectivity index (χ2n) is 15.8. The molecule has 0 bridgehead atoms. The molecule has 0 saturated carbocycles. The molecule has 10 aromatic carbocycles. The Labute approximate surface area is 344 Å². The third-order valence-corrected chi connectivity index (χ3v) is 15.2. The standard InChI is InChI=1S/C54H38N2O2Si/c1-35-13-11-19-41(33-35)55-47-29-25-37-15-3-7-21-43(37)51(47)53-45-23-9-5-17-39(45)27-31-49(53)57-59(55)56(42-20-12-14-36(2)34-42)48-30-26-38-16-4-8-22-44(38)52(48)54-46-24-10-6-18-40(46)28-32-50(54)58-59/h3-34H,1-2H3. The summed E-state index contributed by atoms with van der Waals surface area (Å²) in [5.41, 5.74) is 10.7.